The van der Waals surface area contributed by atoms with Crippen LogP contribution in [0.2, 0.25) is 10.0 Å². The van der Waals surface area contributed by atoms with Gasteiger partial charge in [-0.25, -0.2) is 12.7 Å². The Morgan fingerprint density at radius 2 is 1.64 bits per heavy atom. The summed E-state index contributed by atoms with van der Waals surface area (Å²) >= 11 is 12.3. The van der Waals surface area contributed by atoms with Gasteiger partial charge in [-0.05, 0) is 49.1 Å². The minimum Gasteiger partial charge on any atom is -0.368 e. The van der Waals surface area contributed by atoms with Gasteiger partial charge in [-0.3, -0.25) is 4.79 Å². The van der Waals surface area contributed by atoms with Crippen LogP contribution in [0.15, 0.2) is 42.5 Å². The molecule has 0 aromatic heterocycles. The molecule has 0 spiro atoms. The molecule has 2 aliphatic heterocycles. The fourth-order valence-electron chi connectivity index (χ4n) is 4.63. The molecule has 9 heteroatoms. The van der Waals surface area contributed by atoms with Gasteiger partial charge >= 0.3 is 0 Å². The quantitative estimate of drug-likeness (QED) is 0.606. The summed E-state index contributed by atoms with van der Waals surface area (Å²) in [7, 11) is -3.47. The predicted octanol–water partition coefficient (Wildman–Crippen LogP) is 4.19. The molecule has 178 valence electrons. The molecule has 2 fully saturated rings. The Bertz CT molecular complexity index is 1110. The van der Waals surface area contributed by atoms with Gasteiger partial charge in [0.1, 0.15) is 0 Å². The van der Waals surface area contributed by atoms with E-state index in [0.29, 0.717) is 54.6 Å². The second kappa shape index (κ2) is 10.2. The average molecular weight is 510 g/mol. The number of carbonyl (C=O) groups is 1. The maximum absolute atomic E-state index is 13.1. The zero-order chi connectivity index (χ0) is 23.6. The van der Waals surface area contributed by atoms with Crippen LogP contribution >= 0.6 is 23.2 Å². The summed E-state index contributed by atoms with van der Waals surface area (Å²) < 4.78 is 27.2. The number of piperazine rings is 1. The number of piperidine rings is 1. The lowest BCUT2D eigenvalue weighted by Crippen LogP contribution is -2.52. The lowest BCUT2D eigenvalue weighted by Gasteiger charge is -2.39. The Hall–Kier alpha value is -1.80. The van der Waals surface area contributed by atoms with Gasteiger partial charge in [-0.1, -0.05) is 47.5 Å². The number of rotatable bonds is 5. The van der Waals surface area contributed by atoms with Crippen LogP contribution < -0.4 is 4.90 Å². The minimum atomic E-state index is -3.47. The van der Waals surface area contributed by atoms with E-state index >= 15 is 0 Å². The topological polar surface area (TPSA) is 60.9 Å². The van der Waals surface area contributed by atoms with Gasteiger partial charge in [0.05, 0.1) is 5.75 Å². The smallest absolute Gasteiger partial charge is 0.225 e. The number of hydrogen-bond donors (Lipinski definition) is 0. The molecule has 33 heavy (non-hydrogen) atoms. The summed E-state index contributed by atoms with van der Waals surface area (Å²) in [6.45, 7) is 5.65. The summed E-state index contributed by atoms with van der Waals surface area (Å²) in [6, 6.07) is 12.9. The summed E-state index contributed by atoms with van der Waals surface area (Å²) in [6.07, 6.45) is 1.10. The third kappa shape index (κ3) is 5.65. The van der Waals surface area contributed by atoms with Crippen molar-refractivity contribution in [3.8, 4) is 0 Å². The summed E-state index contributed by atoms with van der Waals surface area (Å²) in [5.74, 6) is -0.104. The second-order valence-electron chi connectivity index (χ2n) is 8.76. The van der Waals surface area contributed by atoms with Gasteiger partial charge in [0, 0.05) is 60.9 Å². The van der Waals surface area contributed by atoms with Crippen LogP contribution in [0.5, 0.6) is 0 Å². The lowest BCUT2D eigenvalue weighted by atomic mass is 9.96. The zero-order valence-corrected chi connectivity index (χ0v) is 21.0. The Morgan fingerprint density at radius 1 is 0.970 bits per heavy atom. The molecule has 0 saturated carbocycles. The van der Waals surface area contributed by atoms with Gasteiger partial charge in [-0.15, -0.1) is 0 Å². The molecule has 6 nitrogen and oxygen atoms in total. The van der Waals surface area contributed by atoms with Crippen molar-refractivity contribution in [2.45, 2.75) is 25.5 Å². The molecule has 2 aromatic rings. The highest BCUT2D eigenvalue weighted by atomic mass is 35.5. The van der Waals surface area contributed by atoms with E-state index in [4.69, 9.17) is 23.2 Å². The summed E-state index contributed by atoms with van der Waals surface area (Å²) in [5.41, 5.74) is 2.89. The van der Waals surface area contributed by atoms with Gasteiger partial charge < -0.3 is 9.80 Å². The van der Waals surface area contributed by atoms with Crippen molar-refractivity contribution in [2.24, 2.45) is 5.92 Å². The number of benzene rings is 2. The minimum absolute atomic E-state index is 0.115. The Morgan fingerprint density at radius 3 is 2.30 bits per heavy atom. The number of anilines is 1. The fourth-order valence-corrected chi connectivity index (χ4v) is 6.68. The van der Waals surface area contributed by atoms with Crippen LogP contribution in [-0.4, -0.2) is 62.8 Å². The molecule has 0 aliphatic carbocycles. The van der Waals surface area contributed by atoms with Crippen molar-refractivity contribution >= 4 is 44.8 Å². The maximum Gasteiger partial charge on any atom is 0.225 e. The summed E-state index contributed by atoms with van der Waals surface area (Å²) in [4.78, 5) is 17.3. The summed E-state index contributed by atoms with van der Waals surface area (Å²) in [5, 5.41) is 1.17. The fraction of sp³-hybridized carbons (Fsp3) is 0.458. The molecule has 0 atom stereocenters. The first kappa shape index (κ1) is 24.3. The molecule has 2 aliphatic rings. The highest BCUT2D eigenvalue weighted by molar-refractivity contribution is 7.88. The van der Waals surface area contributed by atoms with E-state index in [2.05, 4.69) is 11.8 Å². The van der Waals surface area contributed by atoms with Crippen LogP contribution in [0.1, 0.15) is 24.0 Å². The maximum atomic E-state index is 13.1. The SMILES string of the molecule is Cc1ccc(Cl)cc1N1CCN(C(=O)C2CCN(S(=O)(=O)Cc3ccccc3Cl)CC2)CC1. The molecule has 2 aromatic carbocycles. The number of nitrogens with zero attached hydrogens (tertiary/aromatic N) is 3. The third-order valence-corrected chi connectivity index (χ3v) is 9.03. The first-order chi connectivity index (χ1) is 15.7. The van der Waals surface area contributed by atoms with Crippen molar-refractivity contribution in [2.75, 3.05) is 44.2 Å². The van der Waals surface area contributed by atoms with E-state index in [-0.39, 0.29) is 17.6 Å². The average Bonchev–Trinajstić information content (AvgIpc) is 2.82. The second-order valence-corrected chi connectivity index (χ2v) is 11.6. The first-order valence-corrected chi connectivity index (χ1v) is 13.6. The van der Waals surface area contributed by atoms with Crippen molar-refractivity contribution < 1.29 is 13.2 Å². The number of sulfonamides is 1. The van der Waals surface area contributed by atoms with E-state index in [1.54, 1.807) is 24.3 Å². The van der Waals surface area contributed by atoms with E-state index in [0.717, 1.165) is 18.8 Å². The van der Waals surface area contributed by atoms with Crippen molar-refractivity contribution in [1.29, 1.82) is 0 Å². The van der Waals surface area contributed by atoms with Crippen LogP contribution in [0.4, 0.5) is 5.69 Å². The number of hydrogen-bond acceptors (Lipinski definition) is 4. The largest absolute Gasteiger partial charge is 0.368 e. The standard InChI is InChI=1S/C24H29Cl2N3O3S/c1-18-6-7-21(25)16-23(18)27-12-14-28(15-13-27)24(30)19-8-10-29(11-9-19)33(31,32)17-20-4-2-3-5-22(20)26/h2-7,16,19H,8-15,17H2,1H3. The van der Waals surface area contributed by atoms with Gasteiger partial charge in [0.15, 0.2) is 0 Å². The van der Waals surface area contributed by atoms with Gasteiger partial charge in [0.25, 0.3) is 0 Å². The third-order valence-electron chi connectivity index (χ3n) is 6.60. The van der Waals surface area contributed by atoms with Crippen molar-refractivity contribution in [1.82, 2.24) is 9.21 Å². The van der Waals surface area contributed by atoms with Gasteiger partial charge in [-0.2, -0.15) is 0 Å². The molecule has 0 bridgehead atoms. The zero-order valence-electron chi connectivity index (χ0n) is 18.7. The number of halogens is 2. The highest BCUT2D eigenvalue weighted by Gasteiger charge is 2.34. The number of amides is 1. The van der Waals surface area contributed by atoms with E-state index < -0.39 is 10.0 Å². The first-order valence-electron chi connectivity index (χ1n) is 11.3. The van der Waals surface area contributed by atoms with Gasteiger partial charge in [0.2, 0.25) is 15.9 Å². The lowest BCUT2D eigenvalue weighted by molar-refractivity contribution is -0.137. The normalized spacial score (nSPS) is 18.5. The van der Waals surface area contributed by atoms with E-state index in [9.17, 15) is 13.2 Å². The highest BCUT2D eigenvalue weighted by Crippen LogP contribution is 2.28. The van der Waals surface area contributed by atoms with E-state index in [1.165, 1.54) is 9.87 Å². The number of aryl methyl sites for hydroxylation is 1. The van der Waals surface area contributed by atoms with Crippen LogP contribution in [0, 0.1) is 12.8 Å². The molecule has 2 saturated heterocycles. The Balaban J connectivity index is 1.30. The van der Waals surface area contributed by atoms with E-state index in [1.807, 2.05) is 23.1 Å². The monoisotopic (exact) mass is 509 g/mol. The van der Waals surface area contributed by atoms with Crippen LogP contribution in [0.25, 0.3) is 0 Å². The molecule has 1 amide bonds. The molecule has 0 unspecified atom stereocenters. The molecule has 0 radical (unpaired) electrons. The molecular weight excluding hydrogens is 481 g/mol. The van der Waals surface area contributed by atoms with Crippen LogP contribution in [-0.2, 0) is 20.6 Å². The van der Waals surface area contributed by atoms with Crippen molar-refractivity contribution in [3.05, 3.63) is 63.6 Å². The Labute approximate surface area is 206 Å². The molecule has 0 N–H and O–H groups in total. The Kier molecular flexibility index (Phi) is 7.53. The molecule has 4 rings (SSSR count). The molecule has 2 heterocycles. The van der Waals surface area contributed by atoms with Crippen molar-refractivity contribution in [3.63, 3.8) is 0 Å². The predicted molar refractivity (Wildman–Crippen MR) is 133 cm³/mol. The van der Waals surface area contributed by atoms with Crippen LogP contribution in [0.3, 0.4) is 0 Å². The number of carbonyl (C=O) groups excluding carboxylic acids is 1. The molecular formula is C24H29Cl2N3O3S.